The molecule has 0 bridgehead atoms. The van der Waals surface area contributed by atoms with Crippen molar-refractivity contribution in [3.8, 4) is 11.5 Å². The van der Waals surface area contributed by atoms with Crippen LogP contribution >= 0.6 is 28.1 Å². The molecule has 2 amide bonds. The average molecular weight is 489 g/mol. The number of nitrogens with one attached hydrogen (secondary N) is 1. The third-order valence-electron chi connectivity index (χ3n) is 4.58. The van der Waals surface area contributed by atoms with Crippen LogP contribution in [0.5, 0.6) is 11.5 Å². The molecule has 1 N–H and O–H groups in total. The number of rotatable bonds is 5. The molecule has 1 heterocycles. The molecule has 6 nitrogen and oxygen atoms in total. The first-order valence-corrected chi connectivity index (χ1v) is 10.5. The maximum atomic E-state index is 13.3. The maximum absolute atomic E-state index is 13.3. The summed E-state index contributed by atoms with van der Waals surface area (Å²) in [6.07, 6.45) is 1.51. The standard InChI is InChI=1S/C22H21BrN2O4S/c1-5-29-19-11-16(23)14(10-18(19)28-4)9-15-20(26)24-22(30)25(21(15)27)17-7-6-12(2)8-13(17)3/h6-11H,5H2,1-4H3,(H,24,26,30)/b15-9-. The Morgan fingerprint density at radius 3 is 2.53 bits per heavy atom. The number of amides is 2. The van der Waals surface area contributed by atoms with E-state index in [1.54, 1.807) is 12.1 Å². The van der Waals surface area contributed by atoms with Crippen LogP contribution in [0, 0.1) is 13.8 Å². The van der Waals surface area contributed by atoms with E-state index in [1.165, 1.54) is 18.1 Å². The summed E-state index contributed by atoms with van der Waals surface area (Å²) in [5, 5.41) is 2.66. The van der Waals surface area contributed by atoms with Crippen LogP contribution in [0.4, 0.5) is 5.69 Å². The van der Waals surface area contributed by atoms with Crippen molar-refractivity contribution in [2.75, 3.05) is 18.6 Å². The van der Waals surface area contributed by atoms with Gasteiger partial charge in [0.05, 0.1) is 19.4 Å². The van der Waals surface area contributed by atoms with Gasteiger partial charge in [-0.15, -0.1) is 0 Å². The Morgan fingerprint density at radius 2 is 1.90 bits per heavy atom. The number of carbonyl (C=O) groups excluding carboxylic acids is 2. The highest BCUT2D eigenvalue weighted by molar-refractivity contribution is 9.10. The summed E-state index contributed by atoms with van der Waals surface area (Å²) >= 11 is 8.76. The van der Waals surface area contributed by atoms with E-state index in [-0.39, 0.29) is 10.7 Å². The van der Waals surface area contributed by atoms with E-state index >= 15 is 0 Å². The van der Waals surface area contributed by atoms with Crippen LogP contribution in [0.1, 0.15) is 23.6 Å². The van der Waals surface area contributed by atoms with E-state index < -0.39 is 11.8 Å². The van der Waals surface area contributed by atoms with E-state index in [4.69, 9.17) is 21.7 Å². The third-order valence-corrected chi connectivity index (χ3v) is 5.55. The Labute approximate surface area is 189 Å². The van der Waals surface area contributed by atoms with Gasteiger partial charge < -0.3 is 9.47 Å². The second-order valence-corrected chi connectivity index (χ2v) is 7.95. The second-order valence-electron chi connectivity index (χ2n) is 6.71. The number of thiocarbonyl (C=S) groups is 1. The fraction of sp³-hybridized carbons (Fsp3) is 0.227. The molecule has 1 aliphatic rings. The minimum atomic E-state index is -0.550. The van der Waals surface area contributed by atoms with Gasteiger partial charge in [0, 0.05) is 4.47 Å². The van der Waals surface area contributed by atoms with Crippen molar-refractivity contribution in [2.24, 2.45) is 0 Å². The number of hydrogen-bond acceptors (Lipinski definition) is 5. The zero-order valence-corrected chi connectivity index (χ0v) is 19.4. The number of ether oxygens (including phenoxy) is 2. The van der Waals surface area contributed by atoms with E-state index in [1.807, 2.05) is 39.0 Å². The number of methoxy groups -OCH3 is 1. The molecule has 0 aliphatic carbocycles. The molecule has 0 aromatic heterocycles. The summed E-state index contributed by atoms with van der Waals surface area (Å²) < 4.78 is 11.6. The van der Waals surface area contributed by atoms with Crippen molar-refractivity contribution >= 4 is 56.8 Å². The van der Waals surface area contributed by atoms with Crippen molar-refractivity contribution in [3.05, 3.63) is 57.1 Å². The van der Waals surface area contributed by atoms with Crippen LogP contribution < -0.4 is 19.7 Å². The van der Waals surface area contributed by atoms with Crippen molar-refractivity contribution in [1.82, 2.24) is 5.32 Å². The molecule has 156 valence electrons. The Balaban J connectivity index is 2.07. The number of benzene rings is 2. The number of anilines is 1. The molecule has 1 fully saturated rings. The summed E-state index contributed by atoms with van der Waals surface area (Å²) in [6, 6.07) is 9.12. The largest absolute Gasteiger partial charge is 0.493 e. The molecule has 0 spiro atoms. The molecule has 30 heavy (non-hydrogen) atoms. The smallest absolute Gasteiger partial charge is 0.270 e. The molecule has 0 radical (unpaired) electrons. The maximum Gasteiger partial charge on any atom is 0.270 e. The topological polar surface area (TPSA) is 67.9 Å². The lowest BCUT2D eigenvalue weighted by Crippen LogP contribution is -2.54. The molecular weight excluding hydrogens is 468 g/mol. The van der Waals surface area contributed by atoms with E-state index in [9.17, 15) is 9.59 Å². The highest BCUT2D eigenvalue weighted by Crippen LogP contribution is 2.35. The van der Waals surface area contributed by atoms with E-state index in [2.05, 4.69) is 21.2 Å². The Morgan fingerprint density at radius 1 is 1.17 bits per heavy atom. The molecule has 2 aromatic carbocycles. The minimum Gasteiger partial charge on any atom is -0.493 e. The predicted molar refractivity (Wildman–Crippen MR) is 124 cm³/mol. The van der Waals surface area contributed by atoms with E-state index in [0.29, 0.717) is 33.8 Å². The monoisotopic (exact) mass is 488 g/mol. The van der Waals surface area contributed by atoms with E-state index in [0.717, 1.165) is 11.1 Å². The van der Waals surface area contributed by atoms with Crippen LogP contribution in [0.2, 0.25) is 0 Å². The molecule has 0 unspecified atom stereocenters. The molecule has 1 saturated heterocycles. The van der Waals surface area contributed by atoms with Crippen LogP contribution in [-0.4, -0.2) is 30.6 Å². The Bertz CT molecular complexity index is 1080. The quantitative estimate of drug-likeness (QED) is 0.385. The Kier molecular flexibility index (Phi) is 6.58. The first-order valence-electron chi connectivity index (χ1n) is 9.25. The highest BCUT2D eigenvalue weighted by Gasteiger charge is 2.35. The fourth-order valence-corrected chi connectivity index (χ4v) is 3.89. The first-order chi connectivity index (χ1) is 14.3. The highest BCUT2D eigenvalue weighted by atomic mass is 79.9. The summed E-state index contributed by atoms with van der Waals surface area (Å²) in [5.74, 6) is 0.0186. The molecule has 0 saturated carbocycles. The normalized spacial score (nSPS) is 15.4. The van der Waals surface area contributed by atoms with Crippen LogP contribution in [0.25, 0.3) is 6.08 Å². The molecule has 0 atom stereocenters. The van der Waals surface area contributed by atoms with Gasteiger partial charge in [-0.1, -0.05) is 33.6 Å². The third kappa shape index (κ3) is 4.24. The van der Waals surface area contributed by atoms with Crippen molar-refractivity contribution < 1.29 is 19.1 Å². The number of hydrogen-bond donors (Lipinski definition) is 1. The van der Waals surface area contributed by atoms with Crippen molar-refractivity contribution in [2.45, 2.75) is 20.8 Å². The van der Waals surface area contributed by atoms with Crippen LogP contribution in [0.15, 0.2) is 40.4 Å². The van der Waals surface area contributed by atoms with Crippen LogP contribution in [0.3, 0.4) is 0 Å². The summed E-state index contributed by atoms with van der Waals surface area (Å²) in [7, 11) is 1.53. The number of carbonyl (C=O) groups is 2. The average Bonchev–Trinajstić information content (AvgIpc) is 2.68. The second kappa shape index (κ2) is 8.97. The first kappa shape index (κ1) is 22.0. The lowest BCUT2D eigenvalue weighted by Gasteiger charge is -2.30. The summed E-state index contributed by atoms with van der Waals surface area (Å²) in [5.41, 5.74) is 3.14. The summed E-state index contributed by atoms with van der Waals surface area (Å²) in [4.78, 5) is 27.2. The predicted octanol–water partition coefficient (Wildman–Crippen LogP) is 4.30. The number of halogens is 1. The molecular formula is C22H21BrN2O4S. The summed E-state index contributed by atoms with van der Waals surface area (Å²) in [6.45, 7) is 6.22. The molecule has 1 aliphatic heterocycles. The zero-order valence-electron chi connectivity index (χ0n) is 17.0. The zero-order chi connectivity index (χ0) is 22.0. The van der Waals surface area contributed by atoms with Gasteiger partial charge >= 0.3 is 0 Å². The van der Waals surface area contributed by atoms with Gasteiger partial charge in [0.25, 0.3) is 11.8 Å². The van der Waals surface area contributed by atoms with Gasteiger partial charge in [0.15, 0.2) is 16.6 Å². The van der Waals surface area contributed by atoms with Gasteiger partial charge in [-0.25, -0.2) is 0 Å². The minimum absolute atomic E-state index is 0.0320. The number of aryl methyl sites for hydroxylation is 2. The fourth-order valence-electron chi connectivity index (χ4n) is 3.18. The SMILES string of the molecule is CCOc1cc(Br)c(/C=C2/C(=O)NC(=S)N(c3ccc(C)cc3C)C2=O)cc1OC. The lowest BCUT2D eigenvalue weighted by molar-refractivity contribution is -0.122. The molecule has 2 aromatic rings. The lowest BCUT2D eigenvalue weighted by atomic mass is 10.0. The van der Waals surface area contributed by atoms with Gasteiger partial charge in [0.2, 0.25) is 0 Å². The Hall–Kier alpha value is -2.71. The van der Waals surface area contributed by atoms with Crippen molar-refractivity contribution in [3.63, 3.8) is 0 Å². The van der Waals surface area contributed by atoms with Gasteiger partial charge in [-0.3, -0.25) is 19.8 Å². The molecule has 3 rings (SSSR count). The van der Waals surface area contributed by atoms with Gasteiger partial charge in [0.1, 0.15) is 5.57 Å². The van der Waals surface area contributed by atoms with Gasteiger partial charge in [-0.05, 0) is 68.4 Å². The van der Waals surface area contributed by atoms with Crippen molar-refractivity contribution in [1.29, 1.82) is 0 Å². The van der Waals surface area contributed by atoms with Crippen LogP contribution in [-0.2, 0) is 9.59 Å². The number of nitrogens with zero attached hydrogens (tertiary/aromatic N) is 1. The molecule has 8 heteroatoms. The van der Waals surface area contributed by atoms with Gasteiger partial charge in [-0.2, -0.15) is 0 Å².